The SMILES string of the molecule is CC[C@@H]1CC[C@@H](CC)P1C1=CC=CC1. The highest BCUT2D eigenvalue weighted by molar-refractivity contribution is 7.63. The summed E-state index contributed by atoms with van der Waals surface area (Å²) in [6.45, 7) is 4.75. The summed E-state index contributed by atoms with van der Waals surface area (Å²) in [5.74, 6) is 0. The Hall–Kier alpha value is -0.0900. The van der Waals surface area contributed by atoms with Crippen molar-refractivity contribution in [2.45, 2.75) is 57.3 Å². The molecule has 1 saturated heterocycles. The molecule has 0 saturated carbocycles. The van der Waals surface area contributed by atoms with Crippen molar-refractivity contribution >= 4 is 7.92 Å². The maximum Gasteiger partial charge on any atom is -0.00897 e. The van der Waals surface area contributed by atoms with Crippen LogP contribution in [0.3, 0.4) is 0 Å². The van der Waals surface area contributed by atoms with E-state index in [2.05, 4.69) is 32.1 Å². The second-order valence-electron chi connectivity index (χ2n) is 4.40. The van der Waals surface area contributed by atoms with Gasteiger partial charge in [-0.15, -0.1) is 0 Å². The Morgan fingerprint density at radius 2 is 1.86 bits per heavy atom. The van der Waals surface area contributed by atoms with E-state index in [1.807, 2.05) is 0 Å². The van der Waals surface area contributed by atoms with Crippen LogP contribution in [0.4, 0.5) is 0 Å². The van der Waals surface area contributed by atoms with E-state index in [9.17, 15) is 0 Å². The second-order valence-corrected chi connectivity index (χ2v) is 7.25. The standard InChI is InChI=1S/C13H21P/c1-3-11-9-10-12(4-2)14(11)13-7-5-6-8-13/h5-7,11-12H,3-4,8-10H2,1-2H3/t11-,12-/m1/s1. The van der Waals surface area contributed by atoms with Crippen LogP contribution in [0.25, 0.3) is 0 Å². The van der Waals surface area contributed by atoms with Gasteiger partial charge in [-0.3, -0.25) is 0 Å². The summed E-state index contributed by atoms with van der Waals surface area (Å²) >= 11 is 0. The average Bonchev–Trinajstić information content (AvgIpc) is 2.85. The maximum absolute atomic E-state index is 2.41. The van der Waals surface area contributed by atoms with Crippen LogP contribution >= 0.6 is 7.92 Å². The average molecular weight is 208 g/mol. The first-order chi connectivity index (χ1) is 6.86. The highest BCUT2D eigenvalue weighted by Crippen LogP contribution is 2.64. The summed E-state index contributed by atoms with van der Waals surface area (Å²) < 4.78 is 0. The lowest BCUT2D eigenvalue weighted by atomic mass is 10.1. The van der Waals surface area contributed by atoms with Gasteiger partial charge >= 0.3 is 0 Å². The number of hydrogen-bond donors (Lipinski definition) is 0. The molecule has 1 heterocycles. The molecule has 14 heavy (non-hydrogen) atoms. The first-order valence-corrected chi connectivity index (χ1v) is 7.48. The predicted molar refractivity (Wildman–Crippen MR) is 66.2 cm³/mol. The molecule has 1 aliphatic carbocycles. The van der Waals surface area contributed by atoms with E-state index in [0.29, 0.717) is 0 Å². The fraction of sp³-hybridized carbons (Fsp3) is 0.692. The zero-order chi connectivity index (χ0) is 9.97. The van der Waals surface area contributed by atoms with Crippen LogP contribution in [0.1, 0.15) is 46.0 Å². The third-order valence-electron chi connectivity index (χ3n) is 3.65. The first kappa shape index (κ1) is 10.4. The van der Waals surface area contributed by atoms with Crippen LogP contribution in [0.2, 0.25) is 0 Å². The first-order valence-electron chi connectivity index (χ1n) is 6.00. The lowest BCUT2D eigenvalue weighted by Gasteiger charge is -2.25. The molecule has 0 nitrogen and oxygen atoms in total. The molecule has 2 rings (SSSR count). The molecule has 0 aromatic carbocycles. The number of rotatable bonds is 3. The zero-order valence-electron chi connectivity index (χ0n) is 9.37. The molecule has 2 aliphatic rings. The van der Waals surface area contributed by atoms with Gasteiger partial charge in [0.15, 0.2) is 0 Å². The molecule has 0 aromatic heterocycles. The Kier molecular flexibility index (Phi) is 3.44. The van der Waals surface area contributed by atoms with Crippen molar-refractivity contribution in [1.82, 2.24) is 0 Å². The fourth-order valence-corrected chi connectivity index (χ4v) is 6.61. The van der Waals surface area contributed by atoms with E-state index in [4.69, 9.17) is 0 Å². The molecule has 0 N–H and O–H groups in total. The lowest BCUT2D eigenvalue weighted by molar-refractivity contribution is 0.696. The van der Waals surface area contributed by atoms with Gasteiger partial charge in [-0.2, -0.15) is 0 Å². The molecule has 0 radical (unpaired) electrons. The fourth-order valence-electron chi connectivity index (χ4n) is 2.86. The second kappa shape index (κ2) is 4.62. The van der Waals surface area contributed by atoms with Crippen LogP contribution in [0.5, 0.6) is 0 Å². The van der Waals surface area contributed by atoms with Crippen molar-refractivity contribution in [3.63, 3.8) is 0 Å². The van der Waals surface area contributed by atoms with Crippen LogP contribution in [-0.2, 0) is 0 Å². The maximum atomic E-state index is 2.41. The minimum atomic E-state index is 0.225. The largest absolute Gasteiger partial charge is 0.0801 e. The van der Waals surface area contributed by atoms with Crippen molar-refractivity contribution in [2.75, 3.05) is 0 Å². The van der Waals surface area contributed by atoms with E-state index in [1.165, 1.54) is 32.1 Å². The van der Waals surface area contributed by atoms with Gasteiger partial charge in [0.1, 0.15) is 0 Å². The minimum Gasteiger partial charge on any atom is -0.0801 e. The smallest absolute Gasteiger partial charge is 0.00897 e. The van der Waals surface area contributed by atoms with Gasteiger partial charge in [0, 0.05) is 0 Å². The van der Waals surface area contributed by atoms with E-state index in [1.54, 1.807) is 5.31 Å². The van der Waals surface area contributed by atoms with E-state index in [-0.39, 0.29) is 7.92 Å². The van der Waals surface area contributed by atoms with Crippen molar-refractivity contribution < 1.29 is 0 Å². The summed E-state index contributed by atoms with van der Waals surface area (Å²) in [5, 5.41) is 1.79. The Morgan fingerprint density at radius 3 is 2.29 bits per heavy atom. The van der Waals surface area contributed by atoms with Gasteiger partial charge in [-0.1, -0.05) is 40.0 Å². The van der Waals surface area contributed by atoms with Crippen molar-refractivity contribution in [1.29, 1.82) is 0 Å². The van der Waals surface area contributed by atoms with Crippen LogP contribution < -0.4 is 0 Å². The topological polar surface area (TPSA) is 0 Å². The van der Waals surface area contributed by atoms with Crippen molar-refractivity contribution in [3.8, 4) is 0 Å². The lowest BCUT2D eigenvalue weighted by Crippen LogP contribution is -2.03. The molecule has 78 valence electrons. The van der Waals surface area contributed by atoms with Gasteiger partial charge in [0.25, 0.3) is 0 Å². The normalized spacial score (nSPS) is 32.6. The quantitative estimate of drug-likeness (QED) is 0.591. The molecule has 0 amide bonds. The Labute approximate surface area is 89.2 Å². The highest BCUT2D eigenvalue weighted by Gasteiger charge is 2.35. The van der Waals surface area contributed by atoms with Crippen LogP contribution in [-0.4, -0.2) is 11.3 Å². The van der Waals surface area contributed by atoms with Gasteiger partial charge in [-0.05, 0) is 48.7 Å². The van der Waals surface area contributed by atoms with E-state index in [0.717, 1.165) is 11.3 Å². The molecule has 2 atom stereocenters. The van der Waals surface area contributed by atoms with Gasteiger partial charge in [0.2, 0.25) is 0 Å². The van der Waals surface area contributed by atoms with Crippen LogP contribution in [0.15, 0.2) is 23.5 Å². The van der Waals surface area contributed by atoms with E-state index < -0.39 is 0 Å². The molecule has 1 heteroatoms. The number of allylic oxidation sites excluding steroid dienone is 4. The van der Waals surface area contributed by atoms with Crippen molar-refractivity contribution in [2.24, 2.45) is 0 Å². The van der Waals surface area contributed by atoms with E-state index >= 15 is 0 Å². The summed E-state index contributed by atoms with van der Waals surface area (Å²) in [6.07, 6.45) is 14.1. The van der Waals surface area contributed by atoms with Crippen molar-refractivity contribution in [3.05, 3.63) is 23.5 Å². The van der Waals surface area contributed by atoms with Gasteiger partial charge in [0.05, 0.1) is 0 Å². The van der Waals surface area contributed by atoms with Crippen LogP contribution in [0, 0.1) is 0 Å². The molecular formula is C13H21P. The Balaban J connectivity index is 2.11. The highest BCUT2D eigenvalue weighted by atomic mass is 31.1. The molecule has 0 unspecified atom stereocenters. The molecular weight excluding hydrogens is 187 g/mol. The molecule has 0 aromatic rings. The summed E-state index contributed by atoms with van der Waals surface area (Å²) in [5.41, 5.74) is 2.09. The monoisotopic (exact) mass is 208 g/mol. The molecule has 0 bridgehead atoms. The third-order valence-corrected chi connectivity index (χ3v) is 7.46. The van der Waals surface area contributed by atoms with Gasteiger partial charge < -0.3 is 0 Å². The predicted octanol–water partition coefficient (Wildman–Crippen LogP) is 4.66. The molecule has 0 spiro atoms. The third kappa shape index (κ3) is 1.82. The Bertz CT molecular complexity index is 240. The molecule has 1 aliphatic heterocycles. The number of hydrogen-bond acceptors (Lipinski definition) is 0. The van der Waals surface area contributed by atoms with Gasteiger partial charge in [-0.25, -0.2) is 0 Å². The summed E-state index contributed by atoms with van der Waals surface area (Å²) in [6, 6.07) is 0. The Morgan fingerprint density at radius 1 is 1.21 bits per heavy atom. The zero-order valence-corrected chi connectivity index (χ0v) is 10.3. The molecule has 1 fully saturated rings. The summed E-state index contributed by atoms with van der Waals surface area (Å²) in [4.78, 5) is 0. The summed E-state index contributed by atoms with van der Waals surface area (Å²) in [7, 11) is 0.225. The minimum absolute atomic E-state index is 0.225.